The van der Waals surface area contributed by atoms with E-state index in [1.165, 1.54) is 12.1 Å². The van der Waals surface area contributed by atoms with E-state index < -0.39 is 23.7 Å². The number of imidazole rings is 2. The molecule has 2 aromatic heterocycles. The molecule has 5 aliphatic rings. The van der Waals surface area contributed by atoms with E-state index in [0.717, 1.165) is 62.6 Å². The van der Waals surface area contributed by atoms with Gasteiger partial charge in [0.25, 0.3) is 0 Å². The number of likely N-dealkylation sites (tertiary alicyclic amines) is 2. The molecular formula is C50H55F2N9O4. The fraction of sp³-hybridized carbons (Fsp3) is 0.440. The first-order chi connectivity index (χ1) is 31.7. The highest BCUT2D eigenvalue weighted by atomic mass is 19.1. The highest BCUT2D eigenvalue weighted by Gasteiger charge is 2.41. The Morgan fingerprint density at radius 1 is 0.600 bits per heavy atom. The van der Waals surface area contributed by atoms with Crippen LogP contribution >= 0.6 is 0 Å². The lowest BCUT2D eigenvalue weighted by molar-refractivity contribution is -0.140. The second kappa shape index (κ2) is 18.2. The summed E-state index contributed by atoms with van der Waals surface area (Å²) >= 11 is 0. The predicted octanol–water partition coefficient (Wildman–Crippen LogP) is 7.71. The molecule has 5 fully saturated rings. The molecule has 0 bridgehead atoms. The number of rotatable bonds is 13. The highest BCUT2D eigenvalue weighted by Crippen LogP contribution is 2.39. The van der Waals surface area contributed by atoms with Gasteiger partial charge in [-0.2, -0.15) is 0 Å². The van der Waals surface area contributed by atoms with E-state index in [-0.39, 0.29) is 59.2 Å². The van der Waals surface area contributed by atoms with Crippen LogP contribution in [0.1, 0.15) is 129 Å². The van der Waals surface area contributed by atoms with E-state index in [0.29, 0.717) is 73.9 Å². The molecule has 10 rings (SSSR count). The van der Waals surface area contributed by atoms with Gasteiger partial charge in [0.15, 0.2) is 0 Å². The van der Waals surface area contributed by atoms with Gasteiger partial charge in [0, 0.05) is 61.4 Å². The lowest BCUT2D eigenvalue weighted by Gasteiger charge is -2.37. The van der Waals surface area contributed by atoms with Gasteiger partial charge in [0.1, 0.15) is 41.1 Å². The Kier molecular flexibility index (Phi) is 11.9. The standard InChI is InChI=1S/C50H55F2N9O4/c51-36-26-35(39-29-54-46(56-39)41-15-9-23-61(41)50(65)43(32-12-5-2-6-13-32)58-48(63)34-18-19-34)27-37(52)44(36)59-24-20-30(21-25-59)38-28-53-45(55-38)40-14-7-8-22-60(40)49(64)42(31-10-3-1-4-11-31)57-47(62)33-16-17-33/h1-6,10-13,26-30,33-34,40-43H,7-9,14-25H2,(H,53,55)(H,54,56)(H,57,62)(H,58,63). The Bertz CT molecular complexity index is 2510. The van der Waals surface area contributed by atoms with Crippen LogP contribution in [0.15, 0.2) is 85.2 Å². The summed E-state index contributed by atoms with van der Waals surface area (Å²) in [5.41, 5.74) is 3.09. The van der Waals surface area contributed by atoms with Crippen molar-refractivity contribution in [3.05, 3.63) is 125 Å². The summed E-state index contributed by atoms with van der Waals surface area (Å²) in [6, 6.07) is 19.1. The Morgan fingerprint density at radius 3 is 1.66 bits per heavy atom. The summed E-state index contributed by atoms with van der Waals surface area (Å²) in [5.74, 6) is -0.648. The molecular weight excluding hydrogens is 829 g/mol. The minimum Gasteiger partial charge on any atom is -0.367 e. The van der Waals surface area contributed by atoms with E-state index >= 15 is 8.78 Å². The Morgan fingerprint density at radius 2 is 1.11 bits per heavy atom. The van der Waals surface area contributed by atoms with Crippen molar-refractivity contribution >= 4 is 29.3 Å². The number of aromatic amines is 2. The van der Waals surface area contributed by atoms with Gasteiger partial charge < -0.3 is 35.3 Å². The van der Waals surface area contributed by atoms with Gasteiger partial charge in [-0.25, -0.2) is 18.7 Å². The molecule has 3 aromatic carbocycles. The number of piperidine rings is 2. The van der Waals surface area contributed by atoms with E-state index in [2.05, 4.69) is 25.6 Å². The molecule has 5 heterocycles. The summed E-state index contributed by atoms with van der Waals surface area (Å²) in [6.45, 7) is 1.93. The van der Waals surface area contributed by atoms with E-state index in [1.807, 2.05) is 71.8 Å². The Hall–Kier alpha value is -6.38. The minimum atomic E-state index is -0.825. The molecule has 2 saturated carbocycles. The van der Waals surface area contributed by atoms with Crippen molar-refractivity contribution < 1.29 is 28.0 Å². The smallest absolute Gasteiger partial charge is 0.250 e. The van der Waals surface area contributed by atoms with Crippen LogP contribution in [0.2, 0.25) is 0 Å². The summed E-state index contributed by atoms with van der Waals surface area (Å²) in [7, 11) is 0. The van der Waals surface area contributed by atoms with Gasteiger partial charge in [-0.05, 0) is 93.9 Å². The maximum Gasteiger partial charge on any atom is 0.250 e. The zero-order valence-electron chi connectivity index (χ0n) is 36.4. The average molecular weight is 884 g/mol. The molecule has 4 amide bonds. The van der Waals surface area contributed by atoms with Gasteiger partial charge in [-0.3, -0.25) is 19.2 Å². The van der Waals surface area contributed by atoms with Crippen LogP contribution in [-0.4, -0.2) is 79.5 Å². The first-order valence-electron chi connectivity index (χ1n) is 23.4. The molecule has 3 saturated heterocycles. The van der Waals surface area contributed by atoms with Crippen LogP contribution in [0, 0.1) is 23.5 Å². The SMILES string of the molecule is O=C(NC(C(=O)N1CCCC1c1ncc(-c2cc(F)c(N3CCC(c4cnc(C5CCCCN5C(=O)C(NC(=O)C5CC5)c5ccccc5)[nH]4)CC3)c(F)c2)[nH]1)c1ccccc1)C1CC1. The molecule has 4 unspecified atom stereocenters. The van der Waals surface area contributed by atoms with Gasteiger partial charge >= 0.3 is 0 Å². The minimum absolute atomic E-state index is 0.0307. The van der Waals surface area contributed by atoms with Gasteiger partial charge in [-0.1, -0.05) is 60.7 Å². The quantitative estimate of drug-likeness (QED) is 0.0943. The molecule has 15 heteroatoms. The molecule has 4 atom stereocenters. The normalized spacial score (nSPS) is 21.2. The van der Waals surface area contributed by atoms with Crippen molar-refractivity contribution in [2.24, 2.45) is 11.8 Å². The second-order valence-corrected chi connectivity index (χ2v) is 18.4. The topological polar surface area (TPSA) is 159 Å². The first-order valence-corrected chi connectivity index (χ1v) is 23.4. The Labute approximate surface area is 376 Å². The van der Waals surface area contributed by atoms with Crippen LogP contribution in [0.25, 0.3) is 11.3 Å². The number of H-pyrrole nitrogens is 2. The maximum absolute atomic E-state index is 16.0. The van der Waals surface area contributed by atoms with E-state index in [9.17, 15) is 19.2 Å². The largest absolute Gasteiger partial charge is 0.367 e. The number of carbonyl (C=O) groups excluding carboxylic acids is 4. The molecule has 13 nitrogen and oxygen atoms in total. The van der Waals surface area contributed by atoms with Crippen molar-refractivity contribution in [1.29, 1.82) is 0 Å². The summed E-state index contributed by atoms with van der Waals surface area (Å²) in [6.07, 6.45) is 12.0. The molecule has 0 spiro atoms. The average Bonchev–Trinajstić information content (AvgIpc) is 4.21. The fourth-order valence-corrected chi connectivity index (χ4v) is 10.0. The molecule has 4 N–H and O–H groups in total. The van der Waals surface area contributed by atoms with Crippen molar-refractivity contribution in [3.63, 3.8) is 0 Å². The molecule has 338 valence electrons. The molecule has 3 aliphatic heterocycles. The number of halogens is 2. The van der Waals surface area contributed by atoms with Crippen LogP contribution in [-0.2, 0) is 19.2 Å². The third-order valence-corrected chi connectivity index (χ3v) is 14.0. The highest BCUT2D eigenvalue weighted by molar-refractivity contribution is 5.91. The monoisotopic (exact) mass is 883 g/mol. The third-order valence-electron chi connectivity index (χ3n) is 14.0. The number of hydrogen-bond acceptors (Lipinski definition) is 7. The number of carbonyl (C=O) groups is 4. The summed E-state index contributed by atoms with van der Waals surface area (Å²) < 4.78 is 32.0. The zero-order valence-corrected chi connectivity index (χ0v) is 36.4. The van der Waals surface area contributed by atoms with E-state index in [1.54, 1.807) is 16.0 Å². The molecule has 0 radical (unpaired) electrons. The number of nitrogens with zero attached hydrogens (tertiary/aromatic N) is 5. The van der Waals surface area contributed by atoms with Crippen LogP contribution in [0.4, 0.5) is 14.5 Å². The number of hydrogen-bond donors (Lipinski definition) is 4. The molecule has 2 aliphatic carbocycles. The van der Waals surface area contributed by atoms with Crippen LogP contribution in [0.5, 0.6) is 0 Å². The van der Waals surface area contributed by atoms with Crippen LogP contribution < -0.4 is 15.5 Å². The van der Waals surface area contributed by atoms with Gasteiger partial charge in [0.2, 0.25) is 23.6 Å². The predicted molar refractivity (Wildman–Crippen MR) is 239 cm³/mol. The lowest BCUT2D eigenvalue weighted by Crippen LogP contribution is -2.46. The summed E-state index contributed by atoms with van der Waals surface area (Å²) in [5, 5.41) is 6.03. The zero-order chi connectivity index (χ0) is 44.6. The summed E-state index contributed by atoms with van der Waals surface area (Å²) in [4.78, 5) is 75.7. The maximum atomic E-state index is 16.0. The number of benzene rings is 3. The van der Waals surface area contributed by atoms with Gasteiger partial charge in [-0.15, -0.1) is 0 Å². The number of nitrogens with one attached hydrogen (secondary N) is 4. The Balaban J connectivity index is 0.790. The molecule has 65 heavy (non-hydrogen) atoms. The number of amides is 4. The van der Waals surface area contributed by atoms with Crippen molar-refractivity contribution in [3.8, 4) is 11.3 Å². The molecule has 5 aromatic rings. The van der Waals surface area contributed by atoms with Gasteiger partial charge in [0.05, 0.1) is 24.0 Å². The fourth-order valence-electron chi connectivity index (χ4n) is 10.0. The van der Waals surface area contributed by atoms with Crippen molar-refractivity contribution in [2.75, 3.05) is 31.1 Å². The number of aromatic nitrogens is 4. The van der Waals surface area contributed by atoms with Crippen LogP contribution in [0.3, 0.4) is 0 Å². The van der Waals surface area contributed by atoms with E-state index in [4.69, 9.17) is 4.98 Å². The van der Waals surface area contributed by atoms with Crippen molar-refractivity contribution in [1.82, 2.24) is 40.4 Å². The first kappa shape index (κ1) is 42.6. The van der Waals surface area contributed by atoms with Crippen molar-refractivity contribution in [2.45, 2.75) is 101 Å². The second-order valence-electron chi connectivity index (χ2n) is 18.4. The lowest BCUT2D eigenvalue weighted by atomic mass is 9.93. The third kappa shape index (κ3) is 9.01. The number of anilines is 1.